The summed E-state index contributed by atoms with van der Waals surface area (Å²) < 4.78 is 16.4. The number of methoxy groups -OCH3 is 2. The van der Waals surface area contributed by atoms with E-state index in [1.807, 2.05) is 23.1 Å². The maximum atomic E-state index is 13.3. The Morgan fingerprint density at radius 1 is 0.892 bits per heavy atom. The van der Waals surface area contributed by atoms with Gasteiger partial charge in [0.1, 0.15) is 22.9 Å². The monoisotopic (exact) mass is 514 g/mol. The number of aliphatic carboxylic acids is 1. The molecule has 0 aliphatic heterocycles. The average molecular weight is 515 g/mol. The summed E-state index contributed by atoms with van der Waals surface area (Å²) in [5.74, 6) is 0.582. The second kappa shape index (κ2) is 15.0. The summed E-state index contributed by atoms with van der Waals surface area (Å²) in [4.78, 5) is 26.4. The van der Waals surface area contributed by atoms with Crippen molar-refractivity contribution < 1.29 is 28.9 Å². The van der Waals surface area contributed by atoms with Crippen LogP contribution in [0.4, 0.5) is 10.5 Å². The highest BCUT2D eigenvalue weighted by molar-refractivity contribution is 5.93. The Kier molecular flexibility index (Phi) is 12.1. The number of carboxylic acids is 1. The van der Waals surface area contributed by atoms with Gasteiger partial charge in [-0.2, -0.15) is 0 Å². The van der Waals surface area contributed by atoms with Crippen LogP contribution in [0.3, 0.4) is 0 Å². The number of unbranched alkanes of at least 4 members (excludes halogenated alkanes) is 4. The molecule has 0 fully saturated rings. The second-order valence-corrected chi connectivity index (χ2v) is 9.53. The molecular formula is C29H42N2O6. The Hall–Kier alpha value is -3.42. The van der Waals surface area contributed by atoms with Crippen molar-refractivity contribution in [3.63, 3.8) is 0 Å². The van der Waals surface area contributed by atoms with Crippen molar-refractivity contribution in [2.24, 2.45) is 0 Å². The van der Waals surface area contributed by atoms with Crippen LogP contribution >= 0.6 is 0 Å². The Balaban J connectivity index is 2.02. The fraction of sp³-hybridized carbons (Fsp3) is 0.517. The molecule has 2 amide bonds. The lowest BCUT2D eigenvalue weighted by Crippen LogP contribution is -2.37. The van der Waals surface area contributed by atoms with Crippen molar-refractivity contribution in [2.75, 3.05) is 32.6 Å². The molecule has 2 N–H and O–H groups in total. The van der Waals surface area contributed by atoms with E-state index in [2.05, 4.69) is 12.2 Å². The predicted molar refractivity (Wildman–Crippen MR) is 146 cm³/mol. The minimum atomic E-state index is -1.30. The first-order valence-corrected chi connectivity index (χ1v) is 13.0. The maximum Gasteiger partial charge on any atom is 0.347 e. The summed E-state index contributed by atoms with van der Waals surface area (Å²) in [6, 6.07) is 12.6. The lowest BCUT2D eigenvalue weighted by Gasteiger charge is -2.24. The quantitative estimate of drug-likeness (QED) is 0.252. The van der Waals surface area contributed by atoms with Gasteiger partial charge in [-0.05, 0) is 62.9 Å². The van der Waals surface area contributed by atoms with Gasteiger partial charge >= 0.3 is 12.0 Å². The SMILES string of the molecule is CCCCCCCN(CCCc1ccc(OC(C)(C)C(=O)O)cc1)C(=O)Nc1c(OC)cccc1OC. The molecule has 0 saturated heterocycles. The molecule has 0 saturated carbocycles. The van der Waals surface area contributed by atoms with Gasteiger partial charge in [-0.15, -0.1) is 0 Å². The van der Waals surface area contributed by atoms with Crippen LogP contribution in [0.25, 0.3) is 0 Å². The predicted octanol–water partition coefficient (Wildman–Crippen LogP) is 6.38. The van der Waals surface area contributed by atoms with Crippen LogP contribution in [-0.2, 0) is 11.2 Å². The number of carbonyl (C=O) groups excluding carboxylic acids is 1. The minimum Gasteiger partial charge on any atom is -0.494 e. The minimum absolute atomic E-state index is 0.182. The lowest BCUT2D eigenvalue weighted by molar-refractivity contribution is -0.152. The molecule has 2 aromatic carbocycles. The Labute approximate surface area is 220 Å². The normalized spacial score (nSPS) is 11.1. The van der Waals surface area contributed by atoms with E-state index in [9.17, 15) is 14.7 Å². The zero-order chi connectivity index (χ0) is 27.3. The molecule has 0 aliphatic rings. The van der Waals surface area contributed by atoms with Crippen molar-refractivity contribution in [1.29, 1.82) is 0 Å². The molecule has 0 aromatic heterocycles. The van der Waals surface area contributed by atoms with Crippen molar-refractivity contribution >= 4 is 17.7 Å². The van der Waals surface area contributed by atoms with Crippen molar-refractivity contribution in [2.45, 2.75) is 71.3 Å². The van der Waals surface area contributed by atoms with Crippen molar-refractivity contribution in [3.8, 4) is 17.2 Å². The van der Waals surface area contributed by atoms with Crippen molar-refractivity contribution in [1.82, 2.24) is 4.90 Å². The smallest absolute Gasteiger partial charge is 0.347 e. The molecule has 0 unspecified atom stereocenters. The van der Waals surface area contributed by atoms with Crippen LogP contribution in [0.2, 0.25) is 0 Å². The van der Waals surface area contributed by atoms with E-state index >= 15 is 0 Å². The van der Waals surface area contributed by atoms with Gasteiger partial charge < -0.3 is 29.5 Å². The molecule has 8 heteroatoms. The zero-order valence-electron chi connectivity index (χ0n) is 22.8. The molecule has 37 heavy (non-hydrogen) atoms. The van der Waals surface area contributed by atoms with E-state index in [0.29, 0.717) is 36.0 Å². The Bertz CT molecular complexity index is 968. The summed E-state index contributed by atoms with van der Waals surface area (Å²) in [6.07, 6.45) is 7.14. The number of benzene rings is 2. The summed E-state index contributed by atoms with van der Waals surface area (Å²) in [7, 11) is 3.13. The van der Waals surface area contributed by atoms with Gasteiger partial charge in [0.05, 0.1) is 14.2 Å². The average Bonchev–Trinajstić information content (AvgIpc) is 2.88. The number of rotatable bonds is 16. The first-order chi connectivity index (χ1) is 17.7. The molecular weight excluding hydrogens is 472 g/mol. The highest BCUT2D eigenvalue weighted by atomic mass is 16.5. The fourth-order valence-electron chi connectivity index (χ4n) is 3.92. The number of hydrogen-bond donors (Lipinski definition) is 2. The van der Waals surface area contributed by atoms with Crippen LogP contribution in [0, 0.1) is 0 Å². The number of amides is 2. The Morgan fingerprint density at radius 3 is 2.05 bits per heavy atom. The summed E-state index contributed by atoms with van der Waals surface area (Å²) >= 11 is 0. The molecule has 204 valence electrons. The number of ether oxygens (including phenoxy) is 3. The van der Waals surface area contributed by atoms with E-state index in [-0.39, 0.29) is 6.03 Å². The third-order valence-electron chi connectivity index (χ3n) is 6.18. The van der Waals surface area contributed by atoms with E-state index in [0.717, 1.165) is 31.2 Å². The number of nitrogens with zero attached hydrogens (tertiary/aromatic N) is 1. The van der Waals surface area contributed by atoms with Gasteiger partial charge in [-0.25, -0.2) is 9.59 Å². The highest BCUT2D eigenvalue weighted by Gasteiger charge is 2.29. The van der Waals surface area contributed by atoms with E-state index in [4.69, 9.17) is 14.2 Å². The third-order valence-corrected chi connectivity index (χ3v) is 6.18. The van der Waals surface area contributed by atoms with Crippen LogP contribution in [-0.4, -0.2) is 54.9 Å². The first kappa shape index (κ1) is 29.8. The van der Waals surface area contributed by atoms with E-state index < -0.39 is 11.6 Å². The van der Waals surface area contributed by atoms with Crippen LogP contribution in [0.5, 0.6) is 17.2 Å². The van der Waals surface area contributed by atoms with Gasteiger partial charge in [-0.3, -0.25) is 0 Å². The number of aryl methyl sites for hydroxylation is 1. The molecule has 0 bridgehead atoms. The number of anilines is 1. The second-order valence-electron chi connectivity index (χ2n) is 9.53. The van der Waals surface area contributed by atoms with Crippen LogP contribution in [0.15, 0.2) is 42.5 Å². The zero-order valence-corrected chi connectivity index (χ0v) is 22.8. The largest absolute Gasteiger partial charge is 0.494 e. The van der Waals surface area contributed by atoms with Gasteiger partial charge in [-0.1, -0.05) is 50.8 Å². The molecule has 8 nitrogen and oxygen atoms in total. The third kappa shape index (κ3) is 9.52. The summed E-state index contributed by atoms with van der Waals surface area (Å²) in [5, 5.41) is 12.2. The van der Waals surface area contributed by atoms with E-state index in [1.165, 1.54) is 33.1 Å². The molecule has 2 aromatic rings. The van der Waals surface area contributed by atoms with Gasteiger partial charge in [0, 0.05) is 13.1 Å². The molecule has 0 aliphatic carbocycles. The highest BCUT2D eigenvalue weighted by Crippen LogP contribution is 2.34. The van der Waals surface area contributed by atoms with Crippen LogP contribution in [0.1, 0.15) is 64.9 Å². The molecule has 0 spiro atoms. The lowest BCUT2D eigenvalue weighted by atomic mass is 10.1. The summed E-state index contributed by atoms with van der Waals surface area (Å²) in [6.45, 7) is 6.50. The summed E-state index contributed by atoms with van der Waals surface area (Å²) in [5.41, 5.74) is 0.319. The Morgan fingerprint density at radius 2 is 1.49 bits per heavy atom. The number of carboxylic acid groups (broad SMARTS) is 1. The standard InChI is InChI=1S/C29H42N2O6/c1-6-7-8-9-10-20-31(28(34)30-26-24(35-4)14-11-15-25(26)36-5)21-12-13-22-16-18-23(19-17-22)37-29(2,3)27(32)33/h11,14-19H,6-10,12-13,20-21H2,1-5H3,(H,30,34)(H,32,33). The maximum absolute atomic E-state index is 13.3. The van der Waals surface area contributed by atoms with Gasteiger partial charge in [0.2, 0.25) is 0 Å². The fourth-order valence-corrected chi connectivity index (χ4v) is 3.92. The first-order valence-electron chi connectivity index (χ1n) is 13.0. The number of nitrogens with one attached hydrogen (secondary N) is 1. The number of urea groups is 1. The van der Waals surface area contributed by atoms with Crippen molar-refractivity contribution in [3.05, 3.63) is 48.0 Å². The van der Waals surface area contributed by atoms with Crippen LogP contribution < -0.4 is 19.5 Å². The molecule has 0 heterocycles. The number of carbonyl (C=O) groups is 2. The number of hydrogen-bond acceptors (Lipinski definition) is 5. The molecule has 2 rings (SSSR count). The molecule has 0 radical (unpaired) electrons. The van der Waals surface area contributed by atoms with E-state index in [1.54, 1.807) is 38.5 Å². The number of para-hydroxylation sites is 1. The van der Waals surface area contributed by atoms with Gasteiger partial charge in [0.25, 0.3) is 0 Å². The topological polar surface area (TPSA) is 97.3 Å². The van der Waals surface area contributed by atoms with Gasteiger partial charge in [0.15, 0.2) is 5.60 Å². The molecule has 0 atom stereocenters.